The molecule has 1 aliphatic carbocycles. The summed E-state index contributed by atoms with van der Waals surface area (Å²) in [5.41, 5.74) is 0.872. The van der Waals surface area contributed by atoms with Gasteiger partial charge in [-0.05, 0) is 19.8 Å². The Bertz CT molecular complexity index is 381. The number of anilines is 1. The minimum absolute atomic E-state index is 0.269. The normalized spacial score (nSPS) is 17.3. The van der Waals surface area contributed by atoms with Crippen molar-refractivity contribution in [2.75, 3.05) is 5.32 Å². The maximum Gasteiger partial charge on any atom is 0.341 e. The molecule has 0 bridgehead atoms. The molecule has 16 heavy (non-hydrogen) atoms. The summed E-state index contributed by atoms with van der Waals surface area (Å²) in [6.07, 6.45) is 5.91. The third-order valence-corrected chi connectivity index (χ3v) is 3.11. The molecule has 5 nitrogen and oxygen atoms in total. The van der Waals surface area contributed by atoms with Crippen molar-refractivity contribution in [2.24, 2.45) is 0 Å². The maximum absolute atomic E-state index is 11.0. The number of carbonyl (C=O) groups is 1. The van der Waals surface area contributed by atoms with Gasteiger partial charge in [-0.2, -0.15) is 5.10 Å². The smallest absolute Gasteiger partial charge is 0.341 e. The number of nitrogens with zero attached hydrogens (tertiary/aromatic N) is 1. The van der Waals surface area contributed by atoms with E-state index in [1.807, 2.05) is 0 Å². The van der Waals surface area contributed by atoms with Crippen LogP contribution in [-0.4, -0.2) is 27.3 Å². The van der Waals surface area contributed by atoms with Crippen LogP contribution in [0.1, 0.15) is 48.2 Å². The van der Waals surface area contributed by atoms with Crippen LogP contribution >= 0.6 is 0 Å². The Morgan fingerprint density at radius 1 is 1.44 bits per heavy atom. The van der Waals surface area contributed by atoms with Crippen LogP contribution in [0.5, 0.6) is 0 Å². The van der Waals surface area contributed by atoms with Crippen LogP contribution in [0.25, 0.3) is 0 Å². The van der Waals surface area contributed by atoms with Crippen molar-refractivity contribution in [3.63, 3.8) is 0 Å². The molecule has 0 unspecified atom stereocenters. The van der Waals surface area contributed by atoms with E-state index in [4.69, 9.17) is 5.11 Å². The number of carboxylic acids is 1. The average molecular weight is 223 g/mol. The molecule has 88 valence electrons. The van der Waals surface area contributed by atoms with E-state index in [1.165, 1.54) is 19.3 Å². The number of aryl methyl sites for hydroxylation is 1. The van der Waals surface area contributed by atoms with Crippen molar-refractivity contribution < 1.29 is 9.90 Å². The predicted molar refractivity (Wildman–Crippen MR) is 60.8 cm³/mol. The first-order valence-electron chi connectivity index (χ1n) is 5.73. The van der Waals surface area contributed by atoms with Crippen LogP contribution < -0.4 is 5.32 Å². The van der Waals surface area contributed by atoms with E-state index < -0.39 is 5.97 Å². The maximum atomic E-state index is 11.0. The van der Waals surface area contributed by atoms with Gasteiger partial charge in [0.25, 0.3) is 0 Å². The minimum atomic E-state index is -0.926. The van der Waals surface area contributed by atoms with Crippen molar-refractivity contribution in [1.29, 1.82) is 0 Å². The Balaban J connectivity index is 2.11. The van der Waals surface area contributed by atoms with Crippen LogP contribution in [-0.2, 0) is 0 Å². The van der Waals surface area contributed by atoms with Crippen LogP contribution in [0, 0.1) is 6.92 Å². The van der Waals surface area contributed by atoms with Gasteiger partial charge in [-0.1, -0.05) is 19.3 Å². The molecule has 0 aliphatic heterocycles. The highest BCUT2D eigenvalue weighted by Crippen LogP contribution is 2.23. The average Bonchev–Trinajstić information content (AvgIpc) is 2.61. The third kappa shape index (κ3) is 2.18. The summed E-state index contributed by atoms with van der Waals surface area (Å²) in [5.74, 6) is -0.443. The molecule has 0 amide bonds. The van der Waals surface area contributed by atoms with Gasteiger partial charge in [0.1, 0.15) is 5.56 Å². The summed E-state index contributed by atoms with van der Waals surface area (Å²) in [7, 11) is 0. The fourth-order valence-corrected chi connectivity index (χ4v) is 2.24. The Morgan fingerprint density at radius 3 is 2.75 bits per heavy atom. The third-order valence-electron chi connectivity index (χ3n) is 3.11. The first-order valence-corrected chi connectivity index (χ1v) is 5.73. The van der Waals surface area contributed by atoms with Crippen LogP contribution in [0.4, 0.5) is 5.82 Å². The molecule has 2 rings (SSSR count). The number of aromatic amines is 1. The van der Waals surface area contributed by atoms with Gasteiger partial charge in [0.2, 0.25) is 0 Å². The second-order valence-electron chi connectivity index (χ2n) is 4.36. The zero-order valence-corrected chi connectivity index (χ0v) is 9.42. The first-order chi connectivity index (χ1) is 7.68. The molecular weight excluding hydrogens is 206 g/mol. The highest BCUT2D eigenvalue weighted by Gasteiger charge is 2.20. The molecule has 1 saturated carbocycles. The van der Waals surface area contributed by atoms with Gasteiger partial charge in [0.15, 0.2) is 5.82 Å². The fraction of sp³-hybridized carbons (Fsp3) is 0.636. The largest absolute Gasteiger partial charge is 0.477 e. The van der Waals surface area contributed by atoms with E-state index in [-0.39, 0.29) is 5.56 Å². The Labute approximate surface area is 94.2 Å². The lowest BCUT2D eigenvalue weighted by Crippen LogP contribution is -2.23. The molecule has 1 aromatic heterocycles. The highest BCUT2D eigenvalue weighted by atomic mass is 16.4. The van der Waals surface area contributed by atoms with Crippen molar-refractivity contribution in [3.8, 4) is 0 Å². The van der Waals surface area contributed by atoms with Gasteiger partial charge < -0.3 is 10.4 Å². The van der Waals surface area contributed by atoms with Crippen molar-refractivity contribution in [2.45, 2.75) is 45.1 Å². The van der Waals surface area contributed by atoms with E-state index in [0.717, 1.165) is 12.8 Å². The lowest BCUT2D eigenvalue weighted by Gasteiger charge is -2.22. The predicted octanol–water partition coefficient (Wildman–Crippen LogP) is 2.16. The molecule has 0 atom stereocenters. The van der Waals surface area contributed by atoms with E-state index >= 15 is 0 Å². The molecule has 1 aromatic rings. The summed E-state index contributed by atoms with van der Waals surface area (Å²) >= 11 is 0. The summed E-state index contributed by atoms with van der Waals surface area (Å²) < 4.78 is 0. The molecule has 5 heteroatoms. The number of hydrogen-bond acceptors (Lipinski definition) is 3. The fourth-order valence-electron chi connectivity index (χ4n) is 2.24. The molecule has 0 radical (unpaired) electrons. The number of aromatic carboxylic acids is 1. The van der Waals surface area contributed by atoms with Crippen molar-refractivity contribution >= 4 is 11.8 Å². The summed E-state index contributed by atoms with van der Waals surface area (Å²) in [6.45, 7) is 1.72. The van der Waals surface area contributed by atoms with Gasteiger partial charge >= 0.3 is 5.97 Å². The molecule has 1 fully saturated rings. The van der Waals surface area contributed by atoms with E-state index in [0.29, 0.717) is 17.6 Å². The van der Waals surface area contributed by atoms with Gasteiger partial charge in [0, 0.05) is 11.7 Å². The van der Waals surface area contributed by atoms with Gasteiger partial charge in [-0.25, -0.2) is 4.79 Å². The molecule has 1 heterocycles. The number of hydrogen-bond donors (Lipinski definition) is 3. The second-order valence-corrected chi connectivity index (χ2v) is 4.36. The van der Waals surface area contributed by atoms with Gasteiger partial charge in [-0.15, -0.1) is 0 Å². The number of carboxylic acid groups (broad SMARTS) is 1. The molecule has 0 saturated heterocycles. The van der Waals surface area contributed by atoms with Crippen molar-refractivity contribution in [3.05, 3.63) is 11.3 Å². The number of H-pyrrole nitrogens is 1. The summed E-state index contributed by atoms with van der Waals surface area (Å²) in [6, 6.07) is 0.370. The van der Waals surface area contributed by atoms with E-state index in [9.17, 15) is 4.79 Å². The second kappa shape index (κ2) is 4.55. The van der Waals surface area contributed by atoms with E-state index in [1.54, 1.807) is 6.92 Å². The Morgan fingerprint density at radius 2 is 2.12 bits per heavy atom. The standard InChI is InChI=1S/C11H17N3O2/c1-7-9(11(15)16)10(14-13-7)12-8-5-3-2-4-6-8/h8H,2-6H2,1H3,(H,15,16)(H2,12,13,14). The van der Waals surface area contributed by atoms with E-state index in [2.05, 4.69) is 15.5 Å². The van der Waals surface area contributed by atoms with Crippen LogP contribution in [0.15, 0.2) is 0 Å². The molecule has 0 spiro atoms. The van der Waals surface area contributed by atoms with Gasteiger partial charge in [0.05, 0.1) is 0 Å². The molecular formula is C11H17N3O2. The summed E-state index contributed by atoms with van der Waals surface area (Å²) in [4.78, 5) is 11.0. The zero-order valence-electron chi connectivity index (χ0n) is 9.42. The minimum Gasteiger partial charge on any atom is -0.477 e. The zero-order chi connectivity index (χ0) is 11.5. The molecule has 1 aliphatic rings. The Hall–Kier alpha value is -1.52. The topological polar surface area (TPSA) is 78.0 Å². The first kappa shape index (κ1) is 11.0. The highest BCUT2D eigenvalue weighted by molar-refractivity contribution is 5.94. The summed E-state index contributed by atoms with van der Waals surface area (Å²) in [5, 5.41) is 19.0. The Kier molecular flexibility index (Phi) is 3.12. The van der Waals surface area contributed by atoms with Crippen molar-refractivity contribution in [1.82, 2.24) is 10.2 Å². The number of rotatable bonds is 3. The SMILES string of the molecule is Cc1[nH]nc(NC2CCCCC2)c1C(=O)O. The molecule has 3 N–H and O–H groups in total. The quantitative estimate of drug-likeness (QED) is 0.733. The van der Waals surface area contributed by atoms with Crippen LogP contribution in [0.3, 0.4) is 0 Å². The molecule has 0 aromatic carbocycles. The van der Waals surface area contributed by atoms with Gasteiger partial charge in [-0.3, -0.25) is 5.10 Å². The van der Waals surface area contributed by atoms with Crippen LogP contribution in [0.2, 0.25) is 0 Å². The lowest BCUT2D eigenvalue weighted by atomic mass is 9.95. The number of nitrogens with one attached hydrogen (secondary N) is 2. The monoisotopic (exact) mass is 223 g/mol. The lowest BCUT2D eigenvalue weighted by molar-refractivity contribution is 0.0697. The number of aromatic nitrogens is 2.